The topological polar surface area (TPSA) is 117 Å². The number of hydrogen-bond donors (Lipinski definition) is 1. The summed E-state index contributed by atoms with van der Waals surface area (Å²) in [6.45, 7) is 0.243. The van der Waals surface area contributed by atoms with Crippen LogP contribution in [0.1, 0.15) is 17.5 Å². The minimum Gasteiger partial charge on any atom is -0.386 e. The number of aryl methyl sites for hydroxylation is 1. The molecule has 10 nitrogen and oxygen atoms in total. The molecule has 0 amide bonds. The van der Waals surface area contributed by atoms with Gasteiger partial charge < -0.3 is 5.11 Å². The second kappa shape index (κ2) is 6.89. The number of hydrogen-bond acceptors (Lipinski definition) is 7. The predicted molar refractivity (Wildman–Crippen MR) is 96.1 cm³/mol. The van der Waals surface area contributed by atoms with Gasteiger partial charge in [0.15, 0.2) is 11.3 Å². The van der Waals surface area contributed by atoms with Crippen molar-refractivity contribution in [3.05, 3.63) is 63.6 Å². The lowest BCUT2D eigenvalue weighted by Gasteiger charge is -2.09. The largest absolute Gasteiger partial charge is 0.386 e. The first kappa shape index (κ1) is 17.3. The third kappa shape index (κ3) is 3.44. The molecule has 11 heteroatoms. The molecule has 138 valence electrons. The van der Waals surface area contributed by atoms with Gasteiger partial charge in [-0.15, -0.1) is 10.2 Å². The van der Waals surface area contributed by atoms with E-state index in [9.17, 15) is 9.90 Å². The van der Waals surface area contributed by atoms with Crippen LogP contribution >= 0.6 is 11.6 Å². The molecule has 0 spiro atoms. The molecule has 0 aliphatic heterocycles. The van der Waals surface area contributed by atoms with Crippen LogP contribution in [0.25, 0.3) is 11.0 Å². The highest BCUT2D eigenvalue weighted by Crippen LogP contribution is 2.17. The Balaban J connectivity index is 1.51. The van der Waals surface area contributed by atoms with E-state index in [1.54, 1.807) is 31.3 Å². The summed E-state index contributed by atoms with van der Waals surface area (Å²) in [4.78, 5) is 18.0. The third-order valence-electron chi connectivity index (χ3n) is 4.12. The summed E-state index contributed by atoms with van der Waals surface area (Å²) in [5, 5.41) is 27.0. The van der Waals surface area contributed by atoms with Gasteiger partial charge in [-0.25, -0.2) is 4.98 Å². The average Bonchev–Trinajstić information content (AvgIpc) is 3.25. The maximum Gasteiger partial charge on any atom is 0.279 e. The zero-order valence-electron chi connectivity index (χ0n) is 14.3. The summed E-state index contributed by atoms with van der Waals surface area (Å²) < 4.78 is 2.87. The van der Waals surface area contributed by atoms with Crippen LogP contribution in [0.3, 0.4) is 0 Å². The molecule has 0 aliphatic carbocycles. The normalized spacial score (nSPS) is 12.6. The Morgan fingerprint density at radius 3 is 2.81 bits per heavy atom. The molecule has 4 aromatic rings. The average molecular weight is 387 g/mol. The van der Waals surface area contributed by atoms with E-state index in [0.717, 1.165) is 0 Å². The van der Waals surface area contributed by atoms with Gasteiger partial charge in [-0.1, -0.05) is 23.7 Å². The molecule has 0 saturated carbocycles. The fourth-order valence-corrected chi connectivity index (χ4v) is 2.84. The van der Waals surface area contributed by atoms with Gasteiger partial charge in [-0.3, -0.25) is 14.0 Å². The van der Waals surface area contributed by atoms with Crippen molar-refractivity contribution in [2.24, 2.45) is 7.05 Å². The Labute approximate surface area is 157 Å². The maximum absolute atomic E-state index is 12.5. The van der Waals surface area contributed by atoms with Gasteiger partial charge >= 0.3 is 0 Å². The number of aliphatic hydroxyl groups excluding tert-OH is 1. The van der Waals surface area contributed by atoms with E-state index in [2.05, 4.69) is 25.5 Å². The predicted octanol–water partition coefficient (Wildman–Crippen LogP) is 0.552. The fraction of sp³-hybridized carbons (Fsp3) is 0.250. The van der Waals surface area contributed by atoms with Gasteiger partial charge in [0.25, 0.3) is 5.56 Å². The van der Waals surface area contributed by atoms with Crippen LogP contribution in [0.2, 0.25) is 5.02 Å². The van der Waals surface area contributed by atoms with Gasteiger partial charge in [0, 0.05) is 12.1 Å². The lowest BCUT2D eigenvalue weighted by atomic mass is 10.1. The van der Waals surface area contributed by atoms with Crippen LogP contribution in [-0.4, -0.2) is 44.6 Å². The van der Waals surface area contributed by atoms with Crippen molar-refractivity contribution < 1.29 is 5.11 Å². The summed E-state index contributed by atoms with van der Waals surface area (Å²) in [5.74, 6) is 0.337. The summed E-state index contributed by atoms with van der Waals surface area (Å²) in [7, 11) is 1.68. The summed E-state index contributed by atoms with van der Waals surface area (Å²) in [6, 6.07) is 6.88. The molecule has 3 heterocycles. The molecule has 0 bridgehead atoms. The van der Waals surface area contributed by atoms with E-state index < -0.39 is 6.10 Å². The Morgan fingerprint density at radius 2 is 2.04 bits per heavy atom. The van der Waals surface area contributed by atoms with Gasteiger partial charge in [0.05, 0.1) is 25.6 Å². The lowest BCUT2D eigenvalue weighted by Crippen LogP contribution is -2.23. The summed E-state index contributed by atoms with van der Waals surface area (Å²) >= 11 is 5.85. The van der Waals surface area contributed by atoms with Crippen molar-refractivity contribution in [1.82, 2.24) is 39.5 Å². The standard InChI is InChI=1S/C16H15ClN8O2/c1-23-15-12(6-19-23)18-9-24(16(15)27)8-14-20-22-25(21-14)7-13(26)10-2-4-11(17)5-3-10/h2-6,9,13,26H,7-8H2,1H3. The molecular formula is C16H15ClN8O2. The molecule has 0 saturated heterocycles. The molecule has 0 aliphatic rings. The van der Waals surface area contributed by atoms with Crippen LogP contribution in [0.15, 0.2) is 41.6 Å². The zero-order valence-corrected chi connectivity index (χ0v) is 15.0. The van der Waals surface area contributed by atoms with Crippen LogP contribution in [-0.2, 0) is 20.1 Å². The molecular weight excluding hydrogens is 372 g/mol. The lowest BCUT2D eigenvalue weighted by molar-refractivity contribution is 0.144. The molecule has 1 aromatic carbocycles. The molecule has 0 fully saturated rings. The van der Waals surface area contributed by atoms with E-state index in [0.29, 0.717) is 27.4 Å². The molecule has 1 atom stereocenters. The number of aliphatic hydroxyl groups is 1. The van der Waals surface area contributed by atoms with Gasteiger partial charge in [-0.05, 0) is 22.9 Å². The Morgan fingerprint density at radius 1 is 1.26 bits per heavy atom. The third-order valence-corrected chi connectivity index (χ3v) is 4.37. The second-order valence-corrected chi connectivity index (χ2v) is 6.44. The number of nitrogens with zero attached hydrogens (tertiary/aromatic N) is 8. The summed E-state index contributed by atoms with van der Waals surface area (Å²) in [5.41, 5.74) is 1.39. The van der Waals surface area contributed by atoms with Gasteiger partial charge in [0.2, 0.25) is 0 Å². The molecule has 27 heavy (non-hydrogen) atoms. The Kier molecular flexibility index (Phi) is 4.42. The highest BCUT2D eigenvalue weighted by Gasteiger charge is 2.13. The minimum absolute atomic E-state index is 0.115. The van der Waals surface area contributed by atoms with E-state index in [1.165, 1.54) is 26.6 Å². The number of benzene rings is 1. The van der Waals surface area contributed by atoms with E-state index in [1.807, 2.05) is 0 Å². The quantitative estimate of drug-likeness (QED) is 0.532. The van der Waals surface area contributed by atoms with Crippen LogP contribution < -0.4 is 5.56 Å². The number of halogens is 1. The highest BCUT2D eigenvalue weighted by atomic mass is 35.5. The maximum atomic E-state index is 12.5. The highest BCUT2D eigenvalue weighted by molar-refractivity contribution is 6.30. The first-order valence-electron chi connectivity index (χ1n) is 8.08. The monoisotopic (exact) mass is 386 g/mol. The SMILES string of the molecule is Cn1ncc2ncn(Cc3nnn(CC(O)c4ccc(Cl)cc4)n3)c(=O)c21. The zero-order chi connectivity index (χ0) is 19.0. The second-order valence-electron chi connectivity index (χ2n) is 6.01. The molecule has 0 radical (unpaired) electrons. The van der Waals surface area contributed by atoms with Crippen molar-refractivity contribution in [1.29, 1.82) is 0 Å². The van der Waals surface area contributed by atoms with Crippen molar-refractivity contribution in [3.63, 3.8) is 0 Å². The van der Waals surface area contributed by atoms with Gasteiger partial charge in [0.1, 0.15) is 11.6 Å². The van der Waals surface area contributed by atoms with Crippen LogP contribution in [0.5, 0.6) is 0 Å². The minimum atomic E-state index is -0.806. The van der Waals surface area contributed by atoms with Crippen molar-refractivity contribution in [3.8, 4) is 0 Å². The number of tetrazole rings is 1. The number of fused-ring (bicyclic) bond motifs is 1. The van der Waals surface area contributed by atoms with Crippen molar-refractivity contribution in [2.75, 3.05) is 0 Å². The first-order chi connectivity index (χ1) is 13.0. The Bertz CT molecular complexity index is 1150. The van der Waals surface area contributed by atoms with Crippen molar-refractivity contribution >= 4 is 22.6 Å². The van der Waals surface area contributed by atoms with Gasteiger partial charge in [-0.2, -0.15) is 9.90 Å². The number of aromatic nitrogens is 8. The van der Waals surface area contributed by atoms with Crippen molar-refractivity contribution in [2.45, 2.75) is 19.2 Å². The molecule has 4 rings (SSSR count). The Hall–Kier alpha value is -3.11. The van der Waals surface area contributed by atoms with E-state index >= 15 is 0 Å². The molecule has 3 aromatic heterocycles. The molecule has 1 N–H and O–H groups in total. The first-order valence-corrected chi connectivity index (χ1v) is 8.46. The number of rotatable bonds is 5. The fourth-order valence-electron chi connectivity index (χ4n) is 2.72. The summed E-state index contributed by atoms with van der Waals surface area (Å²) in [6.07, 6.45) is 2.16. The molecule has 1 unspecified atom stereocenters. The van der Waals surface area contributed by atoms with E-state index in [-0.39, 0.29) is 18.6 Å². The van der Waals surface area contributed by atoms with Crippen LogP contribution in [0.4, 0.5) is 0 Å². The smallest absolute Gasteiger partial charge is 0.279 e. The van der Waals surface area contributed by atoms with E-state index in [4.69, 9.17) is 11.6 Å². The van der Waals surface area contributed by atoms with Crippen LogP contribution in [0, 0.1) is 0 Å².